The lowest BCUT2D eigenvalue weighted by Crippen LogP contribution is -2.19. The summed E-state index contributed by atoms with van der Waals surface area (Å²) in [5.41, 5.74) is 10.1. The summed E-state index contributed by atoms with van der Waals surface area (Å²) >= 11 is 6.20. The third-order valence-corrected chi connectivity index (χ3v) is 6.22. The second-order valence-corrected chi connectivity index (χ2v) is 9.54. The van der Waals surface area contributed by atoms with E-state index in [0.29, 0.717) is 47.2 Å². The van der Waals surface area contributed by atoms with Crippen LogP contribution in [0.5, 0.6) is 5.88 Å². The number of hydrogen-bond acceptors (Lipinski definition) is 8. The highest BCUT2D eigenvalue weighted by Crippen LogP contribution is 2.40. The smallest absolute Gasteiger partial charge is 0.222 e. The SMILES string of the molecule is C[C@@H](CCOc1c(-c2nccc(N)n2)cnn1C)Nc1cc(Cl)ncc1C#Cc1cn(C)nc1C1CC1. The van der Waals surface area contributed by atoms with Crippen molar-refractivity contribution >= 4 is 23.1 Å². The molecule has 1 fully saturated rings. The van der Waals surface area contributed by atoms with Crippen LogP contribution in [0.4, 0.5) is 11.5 Å². The molecule has 190 valence electrons. The van der Waals surface area contributed by atoms with Crippen molar-refractivity contribution in [1.29, 1.82) is 0 Å². The molecule has 0 saturated heterocycles. The predicted octanol–water partition coefficient (Wildman–Crippen LogP) is 3.79. The van der Waals surface area contributed by atoms with Crippen LogP contribution in [0, 0.1) is 11.8 Å². The fourth-order valence-corrected chi connectivity index (χ4v) is 4.13. The first-order valence-corrected chi connectivity index (χ1v) is 12.5. The Labute approximate surface area is 220 Å². The van der Waals surface area contributed by atoms with Crippen molar-refractivity contribution in [3.8, 4) is 29.1 Å². The van der Waals surface area contributed by atoms with Gasteiger partial charge in [0.1, 0.15) is 16.5 Å². The van der Waals surface area contributed by atoms with Crippen molar-refractivity contribution in [2.45, 2.75) is 38.1 Å². The molecule has 1 aliphatic rings. The van der Waals surface area contributed by atoms with Gasteiger partial charge < -0.3 is 15.8 Å². The largest absolute Gasteiger partial charge is 0.477 e. The molecular weight excluding hydrogens is 490 g/mol. The molecule has 1 aliphatic carbocycles. The molecule has 10 nitrogen and oxygen atoms in total. The van der Waals surface area contributed by atoms with Gasteiger partial charge in [0, 0.05) is 51.1 Å². The first-order valence-electron chi connectivity index (χ1n) is 12.1. The molecule has 0 aromatic carbocycles. The number of rotatable bonds is 8. The van der Waals surface area contributed by atoms with E-state index in [0.717, 1.165) is 22.5 Å². The molecule has 1 atom stereocenters. The van der Waals surface area contributed by atoms with Crippen LogP contribution >= 0.6 is 11.6 Å². The zero-order valence-electron chi connectivity index (χ0n) is 20.9. The van der Waals surface area contributed by atoms with Gasteiger partial charge in [-0.25, -0.2) is 19.6 Å². The summed E-state index contributed by atoms with van der Waals surface area (Å²) in [6.45, 7) is 2.52. The Kier molecular flexibility index (Phi) is 6.97. The third kappa shape index (κ3) is 5.84. The van der Waals surface area contributed by atoms with Gasteiger partial charge in [-0.1, -0.05) is 23.4 Å². The molecule has 0 bridgehead atoms. The highest BCUT2D eigenvalue weighted by Gasteiger charge is 2.28. The Bertz CT molecular complexity index is 1480. The number of halogens is 1. The lowest BCUT2D eigenvalue weighted by atomic mass is 10.1. The lowest BCUT2D eigenvalue weighted by molar-refractivity contribution is 0.280. The fraction of sp³-hybridized carbons (Fsp3) is 0.346. The molecule has 37 heavy (non-hydrogen) atoms. The Hall–Kier alpha value is -4.10. The van der Waals surface area contributed by atoms with Crippen molar-refractivity contribution in [3.05, 3.63) is 58.9 Å². The van der Waals surface area contributed by atoms with E-state index in [1.807, 2.05) is 25.0 Å². The normalized spacial score (nSPS) is 13.6. The minimum atomic E-state index is 0.0692. The summed E-state index contributed by atoms with van der Waals surface area (Å²) in [6, 6.07) is 3.50. The number of nitrogen functional groups attached to an aromatic ring is 1. The quantitative estimate of drug-likeness (QED) is 0.267. The molecule has 11 heteroatoms. The van der Waals surface area contributed by atoms with Gasteiger partial charge in [0.05, 0.1) is 35.3 Å². The monoisotopic (exact) mass is 517 g/mol. The van der Waals surface area contributed by atoms with Gasteiger partial charge in [-0.2, -0.15) is 10.2 Å². The van der Waals surface area contributed by atoms with Crippen molar-refractivity contribution in [2.75, 3.05) is 17.7 Å². The summed E-state index contributed by atoms with van der Waals surface area (Å²) in [7, 11) is 3.74. The van der Waals surface area contributed by atoms with E-state index < -0.39 is 0 Å². The fourth-order valence-electron chi connectivity index (χ4n) is 3.97. The van der Waals surface area contributed by atoms with Crippen LogP contribution in [0.15, 0.2) is 36.9 Å². The number of hydrogen-bond donors (Lipinski definition) is 2. The van der Waals surface area contributed by atoms with Gasteiger partial charge in [0.2, 0.25) is 5.88 Å². The molecule has 5 rings (SSSR count). The Morgan fingerprint density at radius 1 is 1.22 bits per heavy atom. The van der Waals surface area contributed by atoms with Crippen LogP contribution in [0.1, 0.15) is 48.9 Å². The predicted molar refractivity (Wildman–Crippen MR) is 142 cm³/mol. The first-order chi connectivity index (χ1) is 17.9. The molecule has 0 aliphatic heterocycles. The molecule has 0 amide bonds. The highest BCUT2D eigenvalue weighted by atomic mass is 35.5. The molecule has 0 spiro atoms. The average molecular weight is 518 g/mol. The van der Waals surface area contributed by atoms with Crippen molar-refractivity contribution in [1.82, 2.24) is 34.5 Å². The number of anilines is 2. The zero-order chi connectivity index (χ0) is 25.9. The van der Waals surface area contributed by atoms with Gasteiger partial charge >= 0.3 is 0 Å². The van der Waals surface area contributed by atoms with E-state index in [2.05, 4.69) is 49.2 Å². The summed E-state index contributed by atoms with van der Waals surface area (Å²) < 4.78 is 9.56. The van der Waals surface area contributed by atoms with E-state index in [1.165, 1.54) is 12.8 Å². The van der Waals surface area contributed by atoms with Crippen molar-refractivity contribution in [2.24, 2.45) is 14.1 Å². The van der Waals surface area contributed by atoms with E-state index >= 15 is 0 Å². The van der Waals surface area contributed by atoms with Crippen LogP contribution in [-0.4, -0.2) is 47.2 Å². The van der Waals surface area contributed by atoms with Crippen LogP contribution in [-0.2, 0) is 14.1 Å². The number of aryl methyl sites for hydroxylation is 2. The van der Waals surface area contributed by atoms with Crippen molar-refractivity contribution in [3.63, 3.8) is 0 Å². The summed E-state index contributed by atoms with van der Waals surface area (Å²) in [6.07, 6.45) is 10.0. The molecule has 0 radical (unpaired) electrons. The highest BCUT2D eigenvalue weighted by molar-refractivity contribution is 6.29. The van der Waals surface area contributed by atoms with Crippen LogP contribution in [0.2, 0.25) is 5.15 Å². The van der Waals surface area contributed by atoms with Gasteiger partial charge in [-0.05, 0) is 31.9 Å². The maximum atomic E-state index is 6.20. The maximum absolute atomic E-state index is 6.20. The number of nitrogens with two attached hydrogens (primary N) is 1. The molecule has 4 aromatic rings. The minimum absolute atomic E-state index is 0.0692. The standard InChI is InChI=1S/C26H28ClN9O/c1-16(9-11-37-26-20(14-31-36(26)3)25-29-10-8-23(28)33-25)32-21-12-22(27)30-13-18(21)6-7-19-15-35(2)34-24(19)17-4-5-17/h8,10,12-17H,4-5,9,11H2,1-3H3,(H,30,32)(H2,28,29,33)/t16-/m0/s1. The van der Waals surface area contributed by atoms with Gasteiger partial charge in [-0.15, -0.1) is 0 Å². The number of aromatic nitrogens is 7. The van der Waals surface area contributed by atoms with Crippen LogP contribution in [0.25, 0.3) is 11.4 Å². The van der Waals surface area contributed by atoms with Gasteiger partial charge in [0.15, 0.2) is 5.82 Å². The van der Waals surface area contributed by atoms with E-state index in [-0.39, 0.29) is 6.04 Å². The third-order valence-electron chi connectivity index (χ3n) is 6.02. The number of nitrogens with one attached hydrogen (secondary N) is 1. The summed E-state index contributed by atoms with van der Waals surface area (Å²) in [5.74, 6) is 8.52. The van der Waals surface area contributed by atoms with Crippen LogP contribution in [0.3, 0.4) is 0 Å². The summed E-state index contributed by atoms with van der Waals surface area (Å²) in [4.78, 5) is 12.8. The first kappa shape index (κ1) is 24.6. The molecule has 1 saturated carbocycles. The number of ether oxygens (including phenoxy) is 1. The molecule has 4 aromatic heterocycles. The summed E-state index contributed by atoms with van der Waals surface area (Å²) in [5, 5.41) is 12.8. The minimum Gasteiger partial charge on any atom is -0.477 e. The van der Waals surface area contributed by atoms with E-state index in [4.69, 9.17) is 22.1 Å². The maximum Gasteiger partial charge on any atom is 0.222 e. The second-order valence-electron chi connectivity index (χ2n) is 9.15. The zero-order valence-corrected chi connectivity index (χ0v) is 21.7. The molecule has 3 N–H and O–H groups in total. The van der Waals surface area contributed by atoms with Crippen LogP contribution < -0.4 is 15.8 Å². The molecule has 4 heterocycles. The Morgan fingerprint density at radius 2 is 2.03 bits per heavy atom. The van der Waals surface area contributed by atoms with Crippen molar-refractivity contribution < 1.29 is 4.74 Å². The van der Waals surface area contributed by atoms with Gasteiger partial charge in [-0.3, -0.25) is 4.68 Å². The Morgan fingerprint density at radius 3 is 2.81 bits per heavy atom. The molecule has 0 unspecified atom stereocenters. The Balaban J connectivity index is 1.25. The van der Waals surface area contributed by atoms with E-state index in [9.17, 15) is 0 Å². The number of pyridine rings is 1. The lowest BCUT2D eigenvalue weighted by Gasteiger charge is -2.17. The second kappa shape index (κ2) is 10.5. The van der Waals surface area contributed by atoms with Gasteiger partial charge in [0.25, 0.3) is 0 Å². The van der Waals surface area contributed by atoms with E-state index in [1.54, 1.807) is 35.4 Å². The average Bonchev–Trinajstić information content (AvgIpc) is 3.55. The molecular formula is C26H28ClN9O. The number of nitrogens with zero attached hydrogens (tertiary/aromatic N) is 7. The topological polar surface area (TPSA) is 122 Å².